The van der Waals surface area contributed by atoms with Crippen molar-refractivity contribution < 1.29 is 0 Å². The predicted octanol–water partition coefficient (Wildman–Crippen LogP) is 14.8. The molecule has 288 valence electrons. The van der Waals surface area contributed by atoms with Crippen LogP contribution in [0.15, 0.2) is 188 Å². The minimum atomic E-state index is -0.273. The average molecular weight is 772 g/mol. The molecule has 1 spiro atoms. The van der Waals surface area contributed by atoms with E-state index in [1.807, 2.05) is 24.3 Å². The van der Waals surface area contributed by atoms with Crippen molar-refractivity contribution in [1.29, 1.82) is 0 Å². The summed E-state index contributed by atoms with van der Waals surface area (Å²) in [6, 6.07) is 63.2. The number of rotatable bonds is 6. The first-order valence-electron chi connectivity index (χ1n) is 21.4. The van der Waals surface area contributed by atoms with Gasteiger partial charge >= 0.3 is 0 Å². The van der Waals surface area contributed by atoms with Gasteiger partial charge in [-0.1, -0.05) is 202 Å². The molecule has 2 aliphatic carbocycles. The molecule has 1 aromatic heterocycles. The highest BCUT2D eigenvalue weighted by Gasteiger charge is 2.52. The molecule has 3 atom stereocenters. The van der Waals surface area contributed by atoms with Gasteiger partial charge in [-0.2, -0.15) is 0 Å². The molecule has 0 amide bonds. The maximum absolute atomic E-state index is 5.27. The summed E-state index contributed by atoms with van der Waals surface area (Å²) in [5.74, 6) is 3.00. The lowest BCUT2D eigenvalue weighted by molar-refractivity contribution is 0.249. The molecule has 0 N–H and O–H groups in total. The normalized spacial score (nSPS) is 18.2. The van der Waals surface area contributed by atoms with Crippen LogP contribution in [-0.4, -0.2) is 15.0 Å². The molecule has 1 heterocycles. The van der Waals surface area contributed by atoms with Gasteiger partial charge in [-0.3, -0.25) is 0 Å². The van der Waals surface area contributed by atoms with E-state index in [4.69, 9.17) is 21.5 Å². The average Bonchev–Trinajstić information content (AvgIpc) is 3.61. The highest BCUT2D eigenvalue weighted by atomic mass is 15.0. The number of benzene rings is 8. The van der Waals surface area contributed by atoms with Gasteiger partial charge in [-0.15, -0.1) is 0 Å². The second-order valence-corrected chi connectivity index (χ2v) is 16.8. The minimum Gasteiger partial charge on any atom is -0.208 e. The molecule has 9 aromatic rings. The van der Waals surface area contributed by atoms with Gasteiger partial charge in [0.2, 0.25) is 0 Å². The molecule has 2 aliphatic rings. The summed E-state index contributed by atoms with van der Waals surface area (Å²) >= 11 is 0. The predicted molar refractivity (Wildman–Crippen MR) is 250 cm³/mol. The Morgan fingerprint density at radius 3 is 1.80 bits per heavy atom. The SMILES string of the molecule is C=C1CC(CC)CC(C)C12c1cc(-c3cccc4cccc(-c5nc(-c6ccccc6)nc(-c6ccc(-c7ccccc7)cc6)n5)c34)ccc1-c1ccc3ccccc3c12. The van der Waals surface area contributed by atoms with Crippen molar-refractivity contribution in [2.24, 2.45) is 11.8 Å². The van der Waals surface area contributed by atoms with Gasteiger partial charge in [-0.25, -0.2) is 15.0 Å². The van der Waals surface area contributed by atoms with Crippen LogP contribution >= 0.6 is 0 Å². The van der Waals surface area contributed by atoms with Gasteiger partial charge in [0, 0.05) is 27.5 Å². The fourth-order valence-electron chi connectivity index (χ4n) is 10.7. The maximum Gasteiger partial charge on any atom is 0.164 e. The Morgan fingerprint density at radius 2 is 1.08 bits per heavy atom. The van der Waals surface area contributed by atoms with Crippen LogP contribution in [0.25, 0.3) is 89.1 Å². The Balaban J connectivity index is 1.10. The standard InChI is InChI=1S/C57H45N3/c1-4-38-33-36(2)57(37(3)34-38)51-35-45(30-31-48(51)49-32-29-41-17-11-12-22-47(41)53(49)57)46-23-13-20-42-21-14-24-50(52(42)46)56-59-54(43-18-9-6-10-19-43)58-55(60-56)44-27-25-40(26-28-44)39-15-7-5-8-16-39/h5-32,35,37-38H,2,4,33-34H2,1,3H3. The van der Waals surface area contributed by atoms with Crippen molar-refractivity contribution in [2.75, 3.05) is 0 Å². The highest BCUT2D eigenvalue weighted by molar-refractivity contribution is 6.07. The van der Waals surface area contributed by atoms with Crippen molar-refractivity contribution in [3.8, 4) is 67.5 Å². The molecule has 3 nitrogen and oxygen atoms in total. The van der Waals surface area contributed by atoms with E-state index in [1.165, 1.54) is 62.6 Å². The number of fused-ring (bicyclic) bond motifs is 8. The first kappa shape index (κ1) is 36.1. The van der Waals surface area contributed by atoms with Gasteiger partial charge < -0.3 is 0 Å². The summed E-state index contributed by atoms with van der Waals surface area (Å²) in [5, 5.41) is 4.91. The number of hydrogen-bond donors (Lipinski definition) is 0. The zero-order valence-electron chi connectivity index (χ0n) is 34.1. The van der Waals surface area contributed by atoms with Gasteiger partial charge in [-0.05, 0) is 91.4 Å². The maximum atomic E-state index is 5.27. The Morgan fingerprint density at radius 1 is 0.517 bits per heavy atom. The van der Waals surface area contributed by atoms with Crippen molar-refractivity contribution in [3.05, 3.63) is 199 Å². The summed E-state index contributed by atoms with van der Waals surface area (Å²) in [7, 11) is 0. The third-order valence-corrected chi connectivity index (χ3v) is 13.5. The number of aromatic nitrogens is 3. The quantitative estimate of drug-likeness (QED) is 0.158. The van der Waals surface area contributed by atoms with E-state index in [-0.39, 0.29) is 5.41 Å². The Kier molecular flexibility index (Phi) is 8.67. The van der Waals surface area contributed by atoms with E-state index in [0.29, 0.717) is 29.3 Å². The Labute approximate surface area is 352 Å². The lowest BCUT2D eigenvalue weighted by atomic mass is 9.56. The van der Waals surface area contributed by atoms with Crippen molar-refractivity contribution in [3.63, 3.8) is 0 Å². The molecule has 60 heavy (non-hydrogen) atoms. The zero-order valence-corrected chi connectivity index (χ0v) is 34.1. The van der Waals surface area contributed by atoms with E-state index in [0.717, 1.165) is 45.0 Å². The Bertz CT molecular complexity index is 3110. The molecule has 3 heteroatoms. The Hall–Kier alpha value is -6.97. The fourth-order valence-corrected chi connectivity index (χ4v) is 10.7. The van der Waals surface area contributed by atoms with Crippen LogP contribution in [0.2, 0.25) is 0 Å². The van der Waals surface area contributed by atoms with Crippen molar-refractivity contribution >= 4 is 21.5 Å². The smallest absolute Gasteiger partial charge is 0.164 e. The summed E-state index contributed by atoms with van der Waals surface area (Å²) in [6.07, 6.45) is 3.41. The second-order valence-electron chi connectivity index (χ2n) is 16.8. The molecule has 3 unspecified atom stereocenters. The van der Waals surface area contributed by atoms with Crippen LogP contribution in [0.3, 0.4) is 0 Å². The molecular formula is C57H45N3. The zero-order chi connectivity index (χ0) is 40.4. The van der Waals surface area contributed by atoms with Gasteiger partial charge in [0.15, 0.2) is 17.5 Å². The lowest BCUT2D eigenvalue weighted by Crippen LogP contribution is -2.40. The van der Waals surface area contributed by atoms with Gasteiger partial charge in [0.1, 0.15) is 0 Å². The first-order chi connectivity index (χ1) is 29.5. The summed E-state index contributed by atoms with van der Waals surface area (Å²) < 4.78 is 0. The van der Waals surface area contributed by atoms with Crippen LogP contribution in [0.4, 0.5) is 0 Å². The lowest BCUT2D eigenvalue weighted by Gasteiger charge is -2.47. The number of allylic oxidation sites excluding steroid dienone is 1. The molecular weight excluding hydrogens is 727 g/mol. The second kappa shape index (κ2) is 14.4. The molecule has 8 aromatic carbocycles. The number of nitrogens with zero attached hydrogens (tertiary/aromatic N) is 3. The highest BCUT2D eigenvalue weighted by Crippen LogP contribution is 2.63. The first-order valence-corrected chi connectivity index (χ1v) is 21.4. The summed E-state index contributed by atoms with van der Waals surface area (Å²) in [6.45, 7) is 9.79. The van der Waals surface area contributed by atoms with Crippen LogP contribution < -0.4 is 0 Å². The molecule has 0 radical (unpaired) electrons. The third-order valence-electron chi connectivity index (χ3n) is 13.5. The number of hydrogen-bond acceptors (Lipinski definition) is 3. The van der Waals surface area contributed by atoms with Gasteiger partial charge in [0.05, 0.1) is 0 Å². The largest absolute Gasteiger partial charge is 0.208 e. The van der Waals surface area contributed by atoms with E-state index in [9.17, 15) is 0 Å². The van der Waals surface area contributed by atoms with Gasteiger partial charge in [0.25, 0.3) is 0 Å². The van der Waals surface area contributed by atoms with E-state index >= 15 is 0 Å². The monoisotopic (exact) mass is 771 g/mol. The molecule has 0 bridgehead atoms. The molecule has 0 aliphatic heterocycles. The summed E-state index contributed by atoms with van der Waals surface area (Å²) in [5.41, 5.74) is 14.1. The minimum absolute atomic E-state index is 0.273. The topological polar surface area (TPSA) is 38.7 Å². The van der Waals surface area contributed by atoms with Crippen LogP contribution in [0, 0.1) is 11.8 Å². The van der Waals surface area contributed by atoms with E-state index in [1.54, 1.807) is 0 Å². The van der Waals surface area contributed by atoms with Crippen LogP contribution in [-0.2, 0) is 5.41 Å². The van der Waals surface area contributed by atoms with Crippen molar-refractivity contribution in [1.82, 2.24) is 15.0 Å². The fraction of sp³-hybridized carbons (Fsp3) is 0.140. The molecule has 0 saturated heterocycles. The summed E-state index contributed by atoms with van der Waals surface area (Å²) in [4.78, 5) is 15.6. The third kappa shape index (κ3) is 5.67. The van der Waals surface area contributed by atoms with Crippen molar-refractivity contribution in [2.45, 2.75) is 38.5 Å². The van der Waals surface area contributed by atoms with E-state index < -0.39 is 0 Å². The molecule has 1 fully saturated rings. The molecule has 1 saturated carbocycles. The van der Waals surface area contributed by atoms with Crippen LogP contribution in [0.1, 0.15) is 44.2 Å². The molecule has 11 rings (SSSR count). The van der Waals surface area contributed by atoms with E-state index in [2.05, 4.69) is 166 Å². The van der Waals surface area contributed by atoms with Crippen LogP contribution in [0.5, 0.6) is 0 Å².